The molecule has 0 unspecified atom stereocenters. The average molecular weight is 350 g/mol. The van der Waals surface area contributed by atoms with Gasteiger partial charge >= 0.3 is 0 Å². The monoisotopic (exact) mass is 350 g/mol. The quantitative estimate of drug-likeness (QED) is 0.611. The number of hydrogen-bond acceptors (Lipinski definition) is 3. The van der Waals surface area contributed by atoms with E-state index in [-0.39, 0.29) is 5.91 Å². The number of nitrogens with one attached hydrogen (secondary N) is 2. The standard InChI is InChI=1S/C21H22N2O3/c1-3-13-26-19-9-7-15(14-20(19)25-2)8-10-21(24)23-18-6-4-5-17-16(18)11-12-22-17/h4-12,14,22H,3,13H2,1-2H3,(H,23,24)/b10-8+. The van der Waals surface area contributed by atoms with Crippen LogP contribution in [0.25, 0.3) is 17.0 Å². The van der Waals surface area contributed by atoms with Crippen molar-refractivity contribution >= 4 is 28.6 Å². The summed E-state index contributed by atoms with van der Waals surface area (Å²) in [5.74, 6) is 1.16. The van der Waals surface area contributed by atoms with Crippen LogP contribution in [0.4, 0.5) is 5.69 Å². The van der Waals surface area contributed by atoms with E-state index in [2.05, 4.69) is 17.2 Å². The van der Waals surface area contributed by atoms with Crippen LogP contribution in [0.5, 0.6) is 11.5 Å². The SMILES string of the molecule is CCCOc1ccc(/C=C/C(=O)Nc2cccc3[nH]ccc23)cc1OC. The maximum Gasteiger partial charge on any atom is 0.248 e. The van der Waals surface area contributed by atoms with E-state index in [1.54, 1.807) is 13.2 Å². The smallest absolute Gasteiger partial charge is 0.248 e. The van der Waals surface area contributed by atoms with Gasteiger partial charge in [0, 0.05) is 23.2 Å². The maximum atomic E-state index is 12.3. The molecule has 26 heavy (non-hydrogen) atoms. The van der Waals surface area contributed by atoms with E-state index in [1.807, 2.05) is 48.7 Å². The van der Waals surface area contributed by atoms with Crippen LogP contribution in [0.1, 0.15) is 18.9 Å². The molecule has 0 aliphatic heterocycles. The van der Waals surface area contributed by atoms with Crippen molar-refractivity contribution in [2.75, 3.05) is 19.0 Å². The second kappa shape index (κ2) is 8.25. The number of methoxy groups -OCH3 is 1. The summed E-state index contributed by atoms with van der Waals surface area (Å²) in [5.41, 5.74) is 2.62. The van der Waals surface area contributed by atoms with Crippen molar-refractivity contribution in [2.45, 2.75) is 13.3 Å². The molecule has 1 heterocycles. The van der Waals surface area contributed by atoms with Gasteiger partial charge in [0.25, 0.3) is 0 Å². The van der Waals surface area contributed by atoms with Gasteiger partial charge in [-0.2, -0.15) is 0 Å². The fraction of sp³-hybridized carbons (Fsp3) is 0.190. The van der Waals surface area contributed by atoms with Crippen LogP contribution >= 0.6 is 0 Å². The van der Waals surface area contributed by atoms with Crippen LogP contribution < -0.4 is 14.8 Å². The minimum atomic E-state index is -0.191. The number of anilines is 1. The van der Waals surface area contributed by atoms with Gasteiger partial charge in [-0.3, -0.25) is 4.79 Å². The molecule has 0 saturated carbocycles. The Hall–Kier alpha value is -3.21. The van der Waals surface area contributed by atoms with Crippen molar-refractivity contribution < 1.29 is 14.3 Å². The Morgan fingerprint density at radius 1 is 1.19 bits per heavy atom. The molecule has 134 valence electrons. The van der Waals surface area contributed by atoms with Crippen molar-refractivity contribution in [3.05, 3.63) is 60.3 Å². The van der Waals surface area contributed by atoms with E-state index < -0.39 is 0 Å². The number of benzene rings is 2. The van der Waals surface area contributed by atoms with E-state index >= 15 is 0 Å². The third-order valence-corrected chi connectivity index (χ3v) is 3.93. The molecule has 0 aliphatic rings. The van der Waals surface area contributed by atoms with Crippen LogP contribution in [0.2, 0.25) is 0 Å². The van der Waals surface area contributed by atoms with Crippen LogP contribution in [-0.4, -0.2) is 24.6 Å². The van der Waals surface area contributed by atoms with Gasteiger partial charge in [-0.15, -0.1) is 0 Å². The lowest BCUT2D eigenvalue weighted by molar-refractivity contribution is -0.111. The molecular weight excluding hydrogens is 328 g/mol. The predicted octanol–water partition coefficient (Wildman–Crippen LogP) is 4.62. The number of aromatic nitrogens is 1. The van der Waals surface area contributed by atoms with Gasteiger partial charge in [-0.05, 0) is 48.4 Å². The van der Waals surface area contributed by atoms with Crippen LogP contribution in [0, 0.1) is 0 Å². The molecule has 0 aliphatic carbocycles. The molecule has 1 aromatic heterocycles. The first-order valence-corrected chi connectivity index (χ1v) is 8.57. The fourth-order valence-corrected chi connectivity index (χ4v) is 2.66. The number of ether oxygens (including phenoxy) is 2. The zero-order valence-electron chi connectivity index (χ0n) is 14.9. The molecule has 0 fully saturated rings. The third kappa shape index (κ3) is 4.06. The molecule has 2 N–H and O–H groups in total. The Morgan fingerprint density at radius 2 is 2.08 bits per heavy atom. The van der Waals surface area contributed by atoms with Gasteiger partial charge in [0.15, 0.2) is 11.5 Å². The molecule has 5 heteroatoms. The number of hydrogen-bond donors (Lipinski definition) is 2. The number of carbonyl (C=O) groups excluding carboxylic acids is 1. The average Bonchev–Trinajstić information content (AvgIpc) is 3.15. The van der Waals surface area contributed by atoms with Crippen molar-refractivity contribution in [1.82, 2.24) is 4.98 Å². The molecule has 0 spiro atoms. The first-order chi connectivity index (χ1) is 12.7. The first-order valence-electron chi connectivity index (χ1n) is 8.57. The van der Waals surface area contributed by atoms with Crippen molar-refractivity contribution in [1.29, 1.82) is 0 Å². The number of H-pyrrole nitrogens is 1. The highest BCUT2D eigenvalue weighted by Crippen LogP contribution is 2.28. The molecule has 0 radical (unpaired) electrons. The zero-order valence-corrected chi connectivity index (χ0v) is 14.9. The normalized spacial score (nSPS) is 11.0. The highest BCUT2D eigenvalue weighted by molar-refractivity contribution is 6.07. The molecular formula is C21H22N2O3. The Morgan fingerprint density at radius 3 is 2.88 bits per heavy atom. The number of carbonyl (C=O) groups is 1. The Bertz CT molecular complexity index is 928. The first kappa shape index (κ1) is 17.6. The number of rotatable bonds is 7. The maximum absolute atomic E-state index is 12.3. The summed E-state index contributed by atoms with van der Waals surface area (Å²) in [4.78, 5) is 15.4. The zero-order chi connectivity index (χ0) is 18.4. The molecule has 5 nitrogen and oxygen atoms in total. The summed E-state index contributed by atoms with van der Waals surface area (Å²) in [5, 5.41) is 3.89. The highest BCUT2D eigenvalue weighted by Gasteiger charge is 2.06. The summed E-state index contributed by atoms with van der Waals surface area (Å²) >= 11 is 0. The van der Waals surface area contributed by atoms with Gasteiger partial charge in [0.1, 0.15) is 0 Å². The predicted molar refractivity (Wildman–Crippen MR) is 105 cm³/mol. The highest BCUT2D eigenvalue weighted by atomic mass is 16.5. The Labute approximate surface area is 152 Å². The molecule has 0 bridgehead atoms. The molecule has 0 atom stereocenters. The van der Waals surface area contributed by atoms with Crippen LogP contribution in [0.15, 0.2) is 54.7 Å². The molecule has 3 aromatic rings. The van der Waals surface area contributed by atoms with Gasteiger partial charge in [-0.25, -0.2) is 0 Å². The minimum absolute atomic E-state index is 0.191. The largest absolute Gasteiger partial charge is 0.493 e. The topological polar surface area (TPSA) is 63.3 Å². The van der Waals surface area contributed by atoms with Gasteiger partial charge in [-0.1, -0.05) is 19.1 Å². The number of aromatic amines is 1. The fourth-order valence-electron chi connectivity index (χ4n) is 2.66. The summed E-state index contributed by atoms with van der Waals surface area (Å²) in [6.07, 6.45) is 6.04. The van der Waals surface area contributed by atoms with E-state index in [9.17, 15) is 4.79 Å². The van der Waals surface area contributed by atoms with Crippen molar-refractivity contribution in [3.8, 4) is 11.5 Å². The van der Waals surface area contributed by atoms with E-state index in [4.69, 9.17) is 9.47 Å². The van der Waals surface area contributed by atoms with Crippen LogP contribution in [-0.2, 0) is 4.79 Å². The summed E-state index contributed by atoms with van der Waals surface area (Å²) in [6, 6.07) is 13.3. The van der Waals surface area contributed by atoms with Gasteiger partial charge in [0.05, 0.1) is 19.4 Å². The van der Waals surface area contributed by atoms with Crippen molar-refractivity contribution in [3.63, 3.8) is 0 Å². The number of amides is 1. The van der Waals surface area contributed by atoms with Gasteiger partial charge < -0.3 is 19.8 Å². The van der Waals surface area contributed by atoms with E-state index in [0.717, 1.165) is 28.6 Å². The Kier molecular flexibility index (Phi) is 5.59. The molecule has 3 rings (SSSR count). The minimum Gasteiger partial charge on any atom is -0.493 e. The lowest BCUT2D eigenvalue weighted by Gasteiger charge is -2.10. The molecule has 2 aromatic carbocycles. The van der Waals surface area contributed by atoms with Gasteiger partial charge in [0.2, 0.25) is 5.91 Å². The van der Waals surface area contributed by atoms with Crippen LogP contribution in [0.3, 0.4) is 0 Å². The second-order valence-electron chi connectivity index (χ2n) is 5.83. The number of fused-ring (bicyclic) bond motifs is 1. The lowest BCUT2D eigenvalue weighted by atomic mass is 10.2. The second-order valence-corrected chi connectivity index (χ2v) is 5.83. The lowest BCUT2D eigenvalue weighted by Crippen LogP contribution is -2.07. The summed E-state index contributed by atoms with van der Waals surface area (Å²) < 4.78 is 11.0. The summed E-state index contributed by atoms with van der Waals surface area (Å²) in [6.45, 7) is 2.69. The summed E-state index contributed by atoms with van der Waals surface area (Å²) in [7, 11) is 1.60. The third-order valence-electron chi connectivity index (χ3n) is 3.93. The van der Waals surface area contributed by atoms with E-state index in [0.29, 0.717) is 18.1 Å². The Balaban J connectivity index is 1.71. The molecule has 1 amide bonds. The van der Waals surface area contributed by atoms with E-state index in [1.165, 1.54) is 6.08 Å². The van der Waals surface area contributed by atoms with Crippen molar-refractivity contribution in [2.24, 2.45) is 0 Å². The molecule has 0 saturated heterocycles.